The van der Waals surface area contributed by atoms with E-state index in [0.29, 0.717) is 0 Å². The molecule has 1 atom stereocenters. The molecule has 2 N–H and O–H groups in total. The fourth-order valence-electron chi connectivity index (χ4n) is 2.02. The first-order valence-corrected chi connectivity index (χ1v) is 6.65. The first kappa shape index (κ1) is 14.3. The van der Waals surface area contributed by atoms with Crippen molar-refractivity contribution < 1.29 is 9.53 Å². The molecule has 1 aliphatic rings. The maximum absolute atomic E-state index is 11.3. The van der Waals surface area contributed by atoms with Crippen LogP contribution in [0.3, 0.4) is 0 Å². The summed E-state index contributed by atoms with van der Waals surface area (Å²) >= 11 is 0. The van der Waals surface area contributed by atoms with Crippen LogP contribution in [-0.2, 0) is 4.74 Å². The van der Waals surface area contributed by atoms with E-state index in [2.05, 4.69) is 10.6 Å². The molecule has 0 aromatic carbocycles. The smallest absolute Gasteiger partial charge is 0.407 e. The molecule has 1 amide bonds. The van der Waals surface area contributed by atoms with E-state index in [1.807, 2.05) is 20.8 Å². The summed E-state index contributed by atoms with van der Waals surface area (Å²) in [6.07, 6.45) is 4.49. The summed E-state index contributed by atoms with van der Waals surface area (Å²) in [6.45, 7) is 8.68. The first-order chi connectivity index (χ1) is 7.97. The molecule has 0 radical (unpaired) electrons. The third-order valence-corrected chi connectivity index (χ3v) is 2.87. The minimum atomic E-state index is -0.403. The lowest BCUT2D eigenvalue weighted by Gasteiger charge is -2.19. The third-order valence-electron chi connectivity index (χ3n) is 2.87. The van der Waals surface area contributed by atoms with E-state index in [1.165, 1.54) is 32.4 Å². The molecule has 0 bridgehead atoms. The zero-order chi connectivity index (χ0) is 12.7. The minimum Gasteiger partial charge on any atom is -0.444 e. The van der Waals surface area contributed by atoms with E-state index in [-0.39, 0.29) is 6.09 Å². The predicted octanol–water partition coefficient (Wildman–Crippen LogP) is 2.29. The van der Waals surface area contributed by atoms with Crippen LogP contribution in [0.15, 0.2) is 0 Å². The van der Waals surface area contributed by atoms with Crippen LogP contribution in [0.25, 0.3) is 0 Å². The lowest BCUT2D eigenvalue weighted by atomic mass is 10.0. The van der Waals surface area contributed by atoms with Crippen molar-refractivity contribution in [3.05, 3.63) is 0 Å². The largest absolute Gasteiger partial charge is 0.444 e. The van der Waals surface area contributed by atoms with Gasteiger partial charge < -0.3 is 15.4 Å². The molecule has 1 rings (SSSR count). The Balaban J connectivity index is 1.94. The van der Waals surface area contributed by atoms with Crippen molar-refractivity contribution in [1.29, 1.82) is 0 Å². The first-order valence-electron chi connectivity index (χ1n) is 6.65. The van der Waals surface area contributed by atoms with Crippen molar-refractivity contribution in [2.24, 2.45) is 5.92 Å². The molecule has 1 aliphatic heterocycles. The quantitative estimate of drug-likeness (QED) is 0.727. The highest BCUT2D eigenvalue weighted by molar-refractivity contribution is 5.67. The monoisotopic (exact) mass is 242 g/mol. The Bertz CT molecular complexity index is 230. The molecule has 0 spiro atoms. The average molecular weight is 242 g/mol. The lowest BCUT2D eigenvalue weighted by Crippen LogP contribution is -2.33. The molecule has 0 aliphatic carbocycles. The van der Waals surface area contributed by atoms with Crippen LogP contribution in [0.2, 0.25) is 0 Å². The number of nitrogens with one attached hydrogen (secondary N) is 2. The minimum absolute atomic E-state index is 0.306. The number of unbranched alkanes of at least 4 members (excludes halogenated alkanes) is 1. The average Bonchev–Trinajstić information content (AvgIpc) is 2.67. The highest BCUT2D eigenvalue weighted by Gasteiger charge is 2.16. The Hall–Kier alpha value is -0.770. The molecule has 100 valence electrons. The summed E-state index contributed by atoms with van der Waals surface area (Å²) < 4.78 is 5.16. The predicted molar refractivity (Wildman–Crippen MR) is 69.1 cm³/mol. The van der Waals surface area contributed by atoms with Crippen molar-refractivity contribution in [3.8, 4) is 0 Å². The fourth-order valence-corrected chi connectivity index (χ4v) is 2.02. The number of alkyl carbamates (subject to hydrolysis) is 1. The van der Waals surface area contributed by atoms with Gasteiger partial charge in [-0.15, -0.1) is 0 Å². The van der Waals surface area contributed by atoms with Crippen LogP contribution in [0.1, 0.15) is 46.5 Å². The van der Waals surface area contributed by atoms with Crippen molar-refractivity contribution in [3.63, 3.8) is 0 Å². The van der Waals surface area contributed by atoms with E-state index >= 15 is 0 Å². The Morgan fingerprint density at radius 1 is 1.41 bits per heavy atom. The van der Waals surface area contributed by atoms with Crippen molar-refractivity contribution in [1.82, 2.24) is 10.6 Å². The number of amides is 1. The number of carbonyl (C=O) groups excluding carboxylic acids is 1. The zero-order valence-corrected chi connectivity index (χ0v) is 11.3. The second kappa shape index (κ2) is 6.84. The van der Waals surface area contributed by atoms with Crippen LogP contribution in [0.5, 0.6) is 0 Å². The summed E-state index contributed by atoms with van der Waals surface area (Å²) in [5, 5.41) is 6.16. The summed E-state index contributed by atoms with van der Waals surface area (Å²) in [5.41, 5.74) is -0.403. The van der Waals surface area contributed by atoms with Gasteiger partial charge in [0.25, 0.3) is 0 Å². The molecule has 0 aromatic rings. The number of ether oxygens (including phenoxy) is 1. The standard InChI is InChI=1S/C13H26N2O2/c1-13(2,3)17-12(16)15-8-5-4-6-11-7-9-14-10-11/h11,14H,4-10H2,1-3H3,(H,15,16). The second-order valence-electron chi connectivity index (χ2n) is 5.78. The van der Waals surface area contributed by atoms with Gasteiger partial charge >= 0.3 is 6.09 Å². The topological polar surface area (TPSA) is 50.4 Å². The fraction of sp³-hybridized carbons (Fsp3) is 0.923. The van der Waals surface area contributed by atoms with Gasteiger partial charge in [-0.05, 0) is 59.0 Å². The van der Waals surface area contributed by atoms with Gasteiger partial charge in [0.15, 0.2) is 0 Å². The van der Waals surface area contributed by atoms with E-state index in [9.17, 15) is 4.79 Å². The van der Waals surface area contributed by atoms with Gasteiger partial charge in [0.2, 0.25) is 0 Å². The van der Waals surface area contributed by atoms with Crippen LogP contribution in [0.4, 0.5) is 4.79 Å². The van der Waals surface area contributed by atoms with Crippen molar-refractivity contribution in [2.45, 2.75) is 52.1 Å². The molecule has 0 aromatic heterocycles. The van der Waals surface area contributed by atoms with Gasteiger partial charge in [0, 0.05) is 6.54 Å². The molecule has 1 heterocycles. The second-order valence-corrected chi connectivity index (χ2v) is 5.78. The molecule has 1 unspecified atom stereocenters. The Morgan fingerprint density at radius 2 is 2.18 bits per heavy atom. The maximum Gasteiger partial charge on any atom is 0.407 e. The highest BCUT2D eigenvalue weighted by atomic mass is 16.6. The van der Waals surface area contributed by atoms with Gasteiger partial charge in [-0.3, -0.25) is 0 Å². The van der Waals surface area contributed by atoms with Crippen molar-refractivity contribution >= 4 is 6.09 Å². The molecule has 4 heteroatoms. The third kappa shape index (κ3) is 7.21. The van der Waals surface area contributed by atoms with Crippen molar-refractivity contribution in [2.75, 3.05) is 19.6 Å². The van der Waals surface area contributed by atoms with Crippen LogP contribution in [-0.4, -0.2) is 31.3 Å². The molecule has 4 nitrogen and oxygen atoms in total. The van der Waals surface area contributed by atoms with E-state index < -0.39 is 5.60 Å². The highest BCUT2D eigenvalue weighted by Crippen LogP contribution is 2.15. The number of hydrogen-bond acceptors (Lipinski definition) is 3. The molecule has 17 heavy (non-hydrogen) atoms. The van der Waals surface area contributed by atoms with E-state index in [4.69, 9.17) is 4.74 Å². The van der Waals surface area contributed by atoms with Gasteiger partial charge in [-0.2, -0.15) is 0 Å². The van der Waals surface area contributed by atoms with Crippen LogP contribution >= 0.6 is 0 Å². The summed E-state index contributed by atoms with van der Waals surface area (Å²) in [5.74, 6) is 0.844. The van der Waals surface area contributed by atoms with Gasteiger partial charge in [-0.1, -0.05) is 6.42 Å². The van der Waals surface area contributed by atoms with Gasteiger partial charge in [-0.25, -0.2) is 4.79 Å². The Morgan fingerprint density at radius 3 is 2.76 bits per heavy atom. The van der Waals surface area contributed by atoms with Gasteiger partial charge in [0.1, 0.15) is 5.60 Å². The lowest BCUT2D eigenvalue weighted by molar-refractivity contribution is 0.0527. The van der Waals surface area contributed by atoms with Gasteiger partial charge in [0.05, 0.1) is 0 Å². The summed E-state index contributed by atoms with van der Waals surface area (Å²) in [6, 6.07) is 0. The Kier molecular flexibility index (Phi) is 5.75. The number of rotatable bonds is 5. The summed E-state index contributed by atoms with van der Waals surface area (Å²) in [7, 11) is 0. The number of hydrogen-bond donors (Lipinski definition) is 2. The molecular formula is C13H26N2O2. The molecule has 0 saturated carbocycles. The molecule has 1 fully saturated rings. The zero-order valence-electron chi connectivity index (χ0n) is 11.3. The molecule has 1 saturated heterocycles. The van der Waals surface area contributed by atoms with E-state index in [0.717, 1.165) is 18.9 Å². The van der Waals surface area contributed by atoms with Crippen LogP contribution < -0.4 is 10.6 Å². The Labute approximate surface area is 104 Å². The maximum atomic E-state index is 11.3. The van der Waals surface area contributed by atoms with E-state index in [1.54, 1.807) is 0 Å². The van der Waals surface area contributed by atoms with Crippen LogP contribution in [0, 0.1) is 5.92 Å². The summed E-state index contributed by atoms with van der Waals surface area (Å²) in [4.78, 5) is 11.3. The SMILES string of the molecule is CC(C)(C)OC(=O)NCCCCC1CCNC1. The number of carbonyl (C=O) groups is 1. The normalized spacial score (nSPS) is 20.3. The molecular weight excluding hydrogens is 216 g/mol.